The van der Waals surface area contributed by atoms with Gasteiger partial charge in [0.25, 0.3) is 5.69 Å². The van der Waals surface area contributed by atoms with Crippen LogP contribution in [0.1, 0.15) is 36.6 Å². The maximum absolute atomic E-state index is 13.1. The van der Waals surface area contributed by atoms with E-state index in [0.717, 1.165) is 0 Å². The molecule has 2 aromatic carbocycles. The highest BCUT2D eigenvalue weighted by molar-refractivity contribution is 6.04. The molecule has 0 aromatic heterocycles. The van der Waals surface area contributed by atoms with Gasteiger partial charge >= 0.3 is 12.0 Å². The van der Waals surface area contributed by atoms with Crippen molar-refractivity contribution in [3.63, 3.8) is 0 Å². The zero-order valence-corrected chi connectivity index (χ0v) is 17.6. The fourth-order valence-corrected chi connectivity index (χ4v) is 3.30. The number of hydrogen-bond acceptors (Lipinski definition) is 6. The average Bonchev–Trinajstić information content (AvgIpc) is 2.72. The predicted octanol–water partition coefficient (Wildman–Crippen LogP) is 3.63. The normalized spacial score (nSPS) is 15.9. The van der Waals surface area contributed by atoms with E-state index in [-0.39, 0.29) is 17.0 Å². The number of amides is 2. The standard InChI is InChI=1S/C22H23N3O6/c1-12(2)31-21(26)18-19(14-7-9-16(30-4)10-8-14)23-22(27)24-20(18)15-6-5-13(3)17(11-15)25(28)29/h5-12,20H,1-4H3,(H2,23,24,27). The largest absolute Gasteiger partial charge is 0.497 e. The Morgan fingerprint density at radius 1 is 1.16 bits per heavy atom. The van der Waals surface area contributed by atoms with E-state index in [0.29, 0.717) is 22.4 Å². The summed E-state index contributed by atoms with van der Waals surface area (Å²) in [5, 5.41) is 16.8. The number of nitro groups is 1. The van der Waals surface area contributed by atoms with Crippen molar-refractivity contribution >= 4 is 23.4 Å². The number of methoxy groups -OCH3 is 1. The van der Waals surface area contributed by atoms with Gasteiger partial charge in [0.2, 0.25) is 0 Å². The lowest BCUT2D eigenvalue weighted by Gasteiger charge is -2.30. The average molecular weight is 425 g/mol. The van der Waals surface area contributed by atoms with E-state index in [1.807, 2.05) is 0 Å². The second kappa shape index (κ2) is 8.86. The molecule has 1 unspecified atom stereocenters. The summed E-state index contributed by atoms with van der Waals surface area (Å²) >= 11 is 0. The summed E-state index contributed by atoms with van der Waals surface area (Å²) < 4.78 is 10.6. The van der Waals surface area contributed by atoms with Crippen molar-refractivity contribution in [1.29, 1.82) is 0 Å². The summed E-state index contributed by atoms with van der Waals surface area (Å²) in [4.78, 5) is 36.4. The van der Waals surface area contributed by atoms with Crippen LogP contribution < -0.4 is 15.4 Å². The van der Waals surface area contributed by atoms with Crippen LogP contribution in [-0.2, 0) is 9.53 Å². The minimum absolute atomic E-state index is 0.104. The van der Waals surface area contributed by atoms with Gasteiger partial charge in [0.15, 0.2) is 0 Å². The molecule has 1 aliphatic rings. The number of ether oxygens (including phenoxy) is 2. The Morgan fingerprint density at radius 2 is 1.84 bits per heavy atom. The molecular formula is C22H23N3O6. The Bertz CT molecular complexity index is 1060. The summed E-state index contributed by atoms with van der Waals surface area (Å²) in [6.45, 7) is 5.05. The number of nitrogens with zero attached hydrogens (tertiary/aromatic N) is 1. The molecule has 0 saturated heterocycles. The van der Waals surface area contributed by atoms with Crippen LogP contribution in [0, 0.1) is 17.0 Å². The van der Waals surface area contributed by atoms with Crippen LogP contribution in [0.15, 0.2) is 48.0 Å². The highest BCUT2D eigenvalue weighted by atomic mass is 16.6. The number of esters is 1. The van der Waals surface area contributed by atoms with E-state index < -0.39 is 29.1 Å². The molecule has 2 aromatic rings. The van der Waals surface area contributed by atoms with Crippen LogP contribution in [0.2, 0.25) is 0 Å². The third kappa shape index (κ3) is 4.66. The summed E-state index contributed by atoms with van der Waals surface area (Å²) in [6.07, 6.45) is -0.400. The third-order valence-corrected chi connectivity index (χ3v) is 4.78. The number of nitro benzene ring substituents is 1. The Labute approximate surface area is 179 Å². The summed E-state index contributed by atoms with van der Waals surface area (Å²) in [5.41, 5.74) is 1.75. The fourth-order valence-electron chi connectivity index (χ4n) is 3.30. The molecule has 3 rings (SSSR count). The van der Waals surface area contributed by atoms with Crippen LogP contribution in [0.5, 0.6) is 5.75 Å². The topological polar surface area (TPSA) is 120 Å². The number of carbonyl (C=O) groups excluding carboxylic acids is 2. The zero-order chi connectivity index (χ0) is 22.7. The second-order valence-corrected chi connectivity index (χ2v) is 7.31. The van der Waals surface area contributed by atoms with Gasteiger partial charge in [-0.05, 0) is 56.2 Å². The van der Waals surface area contributed by atoms with Gasteiger partial charge in [0.05, 0.1) is 35.4 Å². The minimum atomic E-state index is -0.934. The zero-order valence-electron chi connectivity index (χ0n) is 17.6. The second-order valence-electron chi connectivity index (χ2n) is 7.31. The summed E-state index contributed by atoms with van der Waals surface area (Å²) in [5.74, 6) is -0.0248. The number of urea groups is 1. The minimum Gasteiger partial charge on any atom is -0.497 e. The van der Waals surface area contributed by atoms with Gasteiger partial charge in [-0.15, -0.1) is 0 Å². The lowest BCUT2D eigenvalue weighted by Crippen LogP contribution is -2.45. The van der Waals surface area contributed by atoms with Crippen molar-refractivity contribution in [1.82, 2.24) is 10.6 Å². The van der Waals surface area contributed by atoms with Crippen LogP contribution in [0.3, 0.4) is 0 Å². The molecule has 2 N–H and O–H groups in total. The molecule has 1 atom stereocenters. The number of carbonyl (C=O) groups is 2. The van der Waals surface area contributed by atoms with Gasteiger partial charge in [0.1, 0.15) is 5.75 Å². The number of nitrogens with one attached hydrogen (secondary N) is 2. The number of aryl methyl sites for hydroxylation is 1. The first-order valence-corrected chi connectivity index (χ1v) is 9.63. The molecule has 1 aliphatic heterocycles. The Kier molecular flexibility index (Phi) is 6.24. The summed E-state index contributed by atoms with van der Waals surface area (Å²) in [7, 11) is 1.53. The highest BCUT2D eigenvalue weighted by Gasteiger charge is 2.35. The first kappa shape index (κ1) is 21.8. The Hall–Kier alpha value is -3.88. The first-order chi connectivity index (χ1) is 14.7. The van der Waals surface area contributed by atoms with Crippen molar-refractivity contribution in [2.75, 3.05) is 7.11 Å². The van der Waals surface area contributed by atoms with Crippen LogP contribution in [0.25, 0.3) is 5.70 Å². The van der Waals surface area contributed by atoms with E-state index in [4.69, 9.17) is 9.47 Å². The molecule has 9 nitrogen and oxygen atoms in total. The lowest BCUT2D eigenvalue weighted by atomic mass is 9.91. The summed E-state index contributed by atoms with van der Waals surface area (Å²) in [6, 6.07) is 9.93. The van der Waals surface area contributed by atoms with Crippen molar-refractivity contribution in [3.8, 4) is 5.75 Å². The van der Waals surface area contributed by atoms with Crippen LogP contribution in [-0.4, -0.2) is 30.1 Å². The molecule has 31 heavy (non-hydrogen) atoms. The molecule has 2 amide bonds. The quantitative estimate of drug-likeness (QED) is 0.414. The van der Waals surface area contributed by atoms with E-state index in [2.05, 4.69) is 10.6 Å². The molecular weight excluding hydrogens is 402 g/mol. The van der Waals surface area contributed by atoms with Gasteiger partial charge in [-0.1, -0.05) is 12.1 Å². The number of rotatable bonds is 6. The Balaban J connectivity index is 2.20. The molecule has 0 aliphatic carbocycles. The van der Waals surface area contributed by atoms with Crippen molar-refractivity contribution in [2.45, 2.75) is 32.9 Å². The monoisotopic (exact) mass is 425 g/mol. The van der Waals surface area contributed by atoms with Gasteiger partial charge in [-0.25, -0.2) is 9.59 Å². The number of benzene rings is 2. The number of hydrogen-bond donors (Lipinski definition) is 2. The van der Waals surface area contributed by atoms with Crippen LogP contribution in [0.4, 0.5) is 10.5 Å². The molecule has 9 heteroatoms. The maximum Gasteiger partial charge on any atom is 0.338 e. The van der Waals surface area contributed by atoms with E-state index in [1.165, 1.54) is 13.2 Å². The van der Waals surface area contributed by atoms with Gasteiger partial charge < -0.3 is 20.1 Å². The van der Waals surface area contributed by atoms with Crippen molar-refractivity contribution in [2.24, 2.45) is 0 Å². The molecule has 0 bridgehead atoms. The SMILES string of the molecule is COc1ccc(C2=C(C(=O)OC(C)C)C(c3ccc(C)c([N+](=O)[O-])c3)NC(=O)N2)cc1. The van der Waals surface area contributed by atoms with E-state index >= 15 is 0 Å². The smallest absolute Gasteiger partial charge is 0.338 e. The molecule has 0 radical (unpaired) electrons. The van der Waals surface area contributed by atoms with Crippen molar-refractivity contribution in [3.05, 3.63) is 74.8 Å². The van der Waals surface area contributed by atoms with Crippen molar-refractivity contribution < 1.29 is 24.0 Å². The third-order valence-electron chi connectivity index (χ3n) is 4.78. The maximum atomic E-state index is 13.1. The van der Waals surface area contributed by atoms with E-state index in [1.54, 1.807) is 57.2 Å². The Morgan fingerprint density at radius 3 is 2.42 bits per heavy atom. The van der Waals surface area contributed by atoms with Gasteiger partial charge in [0, 0.05) is 11.6 Å². The predicted molar refractivity (Wildman–Crippen MR) is 113 cm³/mol. The molecule has 0 spiro atoms. The molecule has 0 saturated carbocycles. The molecule has 0 fully saturated rings. The molecule has 162 valence electrons. The van der Waals surface area contributed by atoms with Crippen LogP contribution >= 0.6 is 0 Å². The highest BCUT2D eigenvalue weighted by Crippen LogP contribution is 2.34. The van der Waals surface area contributed by atoms with Gasteiger partial charge in [-0.3, -0.25) is 10.1 Å². The fraction of sp³-hybridized carbons (Fsp3) is 0.273. The van der Waals surface area contributed by atoms with E-state index in [9.17, 15) is 19.7 Å². The molecule has 1 heterocycles. The first-order valence-electron chi connectivity index (χ1n) is 9.63. The lowest BCUT2D eigenvalue weighted by molar-refractivity contribution is -0.385. The van der Waals surface area contributed by atoms with Gasteiger partial charge in [-0.2, -0.15) is 0 Å².